The van der Waals surface area contributed by atoms with E-state index < -0.39 is 18.3 Å². The minimum atomic E-state index is -0.692. The van der Waals surface area contributed by atoms with Gasteiger partial charge in [-0.2, -0.15) is 10.4 Å². The summed E-state index contributed by atoms with van der Waals surface area (Å²) < 4.78 is 47.5. The molecule has 4 aromatic rings. The standard InChI is InChI=1S/C28H26F3N7O/c1-39-28-24(30)6-17(7-25(28)31)13-37-21-9-22(37)16-36(15-21)26-3-2-18(11-34-26)23-8-20(33-5-4-29)14-38-27(23)19(10-32)12-35-38/h2-3,6-8,11-12,14,21-22,33H,4-5,9,13,15-16H2,1H3. The average molecular weight is 534 g/mol. The highest BCUT2D eigenvalue weighted by Gasteiger charge is 2.44. The minimum Gasteiger partial charge on any atom is -0.491 e. The van der Waals surface area contributed by atoms with Crippen LogP contribution in [0.4, 0.5) is 24.7 Å². The smallest absolute Gasteiger partial charge is 0.190 e. The number of pyridine rings is 2. The van der Waals surface area contributed by atoms with Crippen LogP contribution in [0.2, 0.25) is 0 Å². The van der Waals surface area contributed by atoms with Crippen LogP contribution in [-0.4, -0.2) is 65.0 Å². The third-order valence-corrected chi connectivity index (χ3v) is 7.51. The zero-order valence-corrected chi connectivity index (χ0v) is 21.2. The molecule has 6 heterocycles. The van der Waals surface area contributed by atoms with Gasteiger partial charge in [0.15, 0.2) is 17.4 Å². The number of benzene rings is 1. The molecule has 11 heteroatoms. The number of methoxy groups -OCH3 is 1. The molecule has 3 aliphatic heterocycles. The van der Waals surface area contributed by atoms with Crippen molar-refractivity contribution < 1.29 is 17.9 Å². The van der Waals surface area contributed by atoms with Crippen LogP contribution >= 0.6 is 0 Å². The zero-order chi connectivity index (χ0) is 27.1. The maximum absolute atomic E-state index is 14.2. The molecule has 3 aromatic heterocycles. The molecule has 39 heavy (non-hydrogen) atoms. The Kier molecular flexibility index (Phi) is 6.48. The van der Waals surface area contributed by atoms with Crippen molar-refractivity contribution >= 4 is 17.0 Å². The van der Waals surface area contributed by atoms with Gasteiger partial charge in [-0.3, -0.25) is 4.90 Å². The first-order chi connectivity index (χ1) is 19.0. The summed E-state index contributed by atoms with van der Waals surface area (Å²) in [6.07, 6.45) is 6.06. The monoisotopic (exact) mass is 533 g/mol. The first kappa shape index (κ1) is 25.0. The Morgan fingerprint density at radius 2 is 1.90 bits per heavy atom. The van der Waals surface area contributed by atoms with Gasteiger partial charge in [-0.25, -0.2) is 22.7 Å². The van der Waals surface area contributed by atoms with Crippen LogP contribution in [0.25, 0.3) is 16.6 Å². The maximum atomic E-state index is 14.2. The number of aromatic nitrogens is 3. The second kappa shape index (κ2) is 10.1. The summed E-state index contributed by atoms with van der Waals surface area (Å²) in [6, 6.07) is 11.2. The normalized spacial score (nSPS) is 18.6. The van der Waals surface area contributed by atoms with Crippen molar-refractivity contribution in [1.29, 1.82) is 5.26 Å². The predicted molar refractivity (Wildman–Crippen MR) is 140 cm³/mol. The Labute approximate surface area is 223 Å². The van der Waals surface area contributed by atoms with Crippen molar-refractivity contribution in [2.75, 3.05) is 43.6 Å². The quantitative estimate of drug-likeness (QED) is 0.360. The number of nitrogens with zero attached hydrogens (tertiary/aromatic N) is 6. The molecule has 7 rings (SSSR count). The molecule has 8 nitrogen and oxygen atoms in total. The number of piperidine rings is 1. The van der Waals surface area contributed by atoms with Gasteiger partial charge < -0.3 is 15.0 Å². The molecular formula is C28H26F3N7O. The molecule has 1 N–H and O–H groups in total. The van der Waals surface area contributed by atoms with Gasteiger partial charge in [-0.1, -0.05) is 0 Å². The molecule has 2 bridgehead atoms. The Bertz CT molecular complexity index is 1530. The molecule has 0 aliphatic carbocycles. The first-order valence-corrected chi connectivity index (χ1v) is 12.7. The van der Waals surface area contributed by atoms with E-state index in [4.69, 9.17) is 9.72 Å². The lowest BCUT2D eigenvalue weighted by Gasteiger charge is -2.56. The van der Waals surface area contributed by atoms with E-state index in [2.05, 4.69) is 26.3 Å². The fraction of sp³-hybridized carbons (Fsp3) is 0.321. The van der Waals surface area contributed by atoms with Gasteiger partial charge in [0, 0.05) is 55.6 Å². The highest BCUT2D eigenvalue weighted by Crippen LogP contribution is 2.37. The molecule has 0 radical (unpaired) electrons. The molecule has 0 amide bonds. The zero-order valence-electron chi connectivity index (χ0n) is 21.2. The Hall–Kier alpha value is -4.30. The largest absolute Gasteiger partial charge is 0.491 e. The maximum Gasteiger partial charge on any atom is 0.190 e. The number of alkyl halides is 1. The van der Waals surface area contributed by atoms with Gasteiger partial charge >= 0.3 is 0 Å². The summed E-state index contributed by atoms with van der Waals surface area (Å²) in [6.45, 7) is 1.67. The molecule has 2 unspecified atom stereocenters. The molecule has 0 saturated carbocycles. The number of piperazine rings is 1. The van der Waals surface area contributed by atoms with E-state index >= 15 is 0 Å². The van der Waals surface area contributed by atoms with Gasteiger partial charge in [0.25, 0.3) is 0 Å². The number of hydrogen-bond donors (Lipinski definition) is 1. The van der Waals surface area contributed by atoms with Crippen LogP contribution in [-0.2, 0) is 6.54 Å². The number of nitrogens with one attached hydrogen (secondary N) is 1. The SMILES string of the molecule is COc1c(F)cc(CN2C3CC2CN(c2ccc(-c4cc(NCCF)cn5ncc(C#N)c45)cn2)C3)cc1F. The third-order valence-electron chi connectivity index (χ3n) is 7.51. The number of anilines is 2. The molecule has 3 saturated heterocycles. The predicted octanol–water partition coefficient (Wildman–Crippen LogP) is 4.40. The van der Waals surface area contributed by atoms with E-state index in [1.165, 1.54) is 25.4 Å². The fourth-order valence-corrected chi connectivity index (χ4v) is 5.69. The van der Waals surface area contributed by atoms with E-state index in [1.807, 2.05) is 18.2 Å². The topological polar surface area (TPSA) is 81.7 Å². The number of rotatable bonds is 8. The van der Waals surface area contributed by atoms with Crippen molar-refractivity contribution in [3.63, 3.8) is 0 Å². The highest BCUT2D eigenvalue weighted by atomic mass is 19.1. The lowest BCUT2D eigenvalue weighted by Crippen LogP contribution is -2.68. The summed E-state index contributed by atoms with van der Waals surface area (Å²) in [7, 11) is 1.25. The van der Waals surface area contributed by atoms with E-state index in [0.29, 0.717) is 28.9 Å². The van der Waals surface area contributed by atoms with Crippen molar-refractivity contribution in [3.05, 3.63) is 71.7 Å². The van der Waals surface area contributed by atoms with Gasteiger partial charge in [-0.05, 0) is 42.3 Å². The number of halogens is 3. The van der Waals surface area contributed by atoms with Crippen molar-refractivity contribution in [2.45, 2.75) is 25.0 Å². The summed E-state index contributed by atoms with van der Waals surface area (Å²) in [5, 5.41) is 16.9. The number of ether oxygens (including phenoxy) is 1. The van der Waals surface area contributed by atoms with Crippen LogP contribution < -0.4 is 15.0 Å². The summed E-state index contributed by atoms with van der Waals surface area (Å²) >= 11 is 0. The van der Waals surface area contributed by atoms with Crippen LogP contribution in [0.5, 0.6) is 5.75 Å². The lowest BCUT2D eigenvalue weighted by molar-refractivity contribution is -0.00882. The van der Waals surface area contributed by atoms with Crippen LogP contribution in [0.3, 0.4) is 0 Å². The third kappa shape index (κ3) is 4.51. The molecule has 3 fully saturated rings. The second-order valence-corrected chi connectivity index (χ2v) is 9.84. The van der Waals surface area contributed by atoms with Gasteiger partial charge in [-0.15, -0.1) is 0 Å². The summed E-state index contributed by atoms with van der Waals surface area (Å²) in [4.78, 5) is 9.23. The van der Waals surface area contributed by atoms with Gasteiger partial charge in [0.2, 0.25) is 0 Å². The lowest BCUT2D eigenvalue weighted by atomic mass is 9.86. The molecule has 2 atom stereocenters. The van der Waals surface area contributed by atoms with Crippen molar-refractivity contribution in [3.8, 4) is 22.9 Å². The van der Waals surface area contributed by atoms with E-state index in [1.54, 1.807) is 16.9 Å². The number of hydrogen-bond acceptors (Lipinski definition) is 7. The van der Waals surface area contributed by atoms with Crippen molar-refractivity contribution in [1.82, 2.24) is 19.5 Å². The fourth-order valence-electron chi connectivity index (χ4n) is 5.69. The van der Waals surface area contributed by atoms with Gasteiger partial charge in [0.05, 0.1) is 36.3 Å². The summed E-state index contributed by atoms with van der Waals surface area (Å²) in [5.41, 5.74) is 3.98. The van der Waals surface area contributed by atoms with E-state index in [0.717, 1.165) is 36.5 Å². The highest BCUT2D eigenvalue weighted by molar-refractivity contribution is 5.86. The van der Waals surface area contributed by atoms with Crippen LogP contribution in [0.1, 0.15) is 17.5 Å². The Morgan fingerprint density at radius 3 is 2.54 bits per heavy atom. The first-order valence-electron chi connectivity index (χ1n) is 12.7. The Morgan fingerprint density at radius 1 is 1.13 bits per heavy atom. The average Bonchev–Trinajstić information content (AvgIpc) is 3.37. The van der Waals surface area contributed by atoms with E-state index in [-0.39, 0.29) is 24.4 Å². The Balaban J connectivity index is 1.19. The molecule has 3 aliphatic rings. The molecule has 1 aromatic carbocycles. The number of fused-ring (bicyclic) bond motifs is 3. The van der Waals surface area contributed by atoms with Crippen LogP contribution in [0.15, 0.2) is 48.9 Å². The second-order valence-electron chi connectivity index (χ2n) is 9.84. The summed E-state index contributed by atoms with van der Waals surface area (Å²) in [5.74, 6) is -0.902. The van der Waals surface area contributed by atoms with Crippen LogP contribution in [0, 0.1) is 23.0 Å². The minimum absolute atomic E-state index is 0.172. The molecular weight excluding hydrogens is 507 g/mol. The molecule has 200 valence electrons. The van der Waals surface area contributed by atoms with Crippen molar-refractivity contribution in [2.24, 2.45) is 0 Å². The molecule has 0 spiro atoms. The number of nitriles is 1. The van der Waals surface area contributed by atoms with Gasteiger partial charge in [0.1, 0.15) is 18.6 Å². The van der Waals surface area contributed by atoms with E-state index in [9.17, 15) is 18.4 Å².